The summed E-state index contributed by atoms with van der Waals surface area (Å²) in [7, 11) is 0. The maximum atomic E-state index is 4.48. The van der Waals surface area contributed by atoms with Crippen LogP contribution in [0.25, 0.3) is 0 Å². The van der Waals surface area contributed by atoms with Crippen LogP contribution in [0.4, 0.5) is 0 Å². The predicted molar refractivity (Wildman–Crippen MR) is 96.7 cm³/mol. The monoisotopic (exact) mass is 321 g/mol. The van der Waals surface area contributed by atoms with Crippen molar-refractivity contribution in [3.8, 4) is 0 Å². The number of nitrogens with zero attached hydrogens (tertiary/aromatic N) is 2. The summed E-state index contributed by atoms with van der Waals surface area (Å²) in [6.07, 6.45) is 10.2. The van der Waals surface area contributed by atoms with E-state index in [9.17, 15) is 0 Å². The molecule has 24 heavy (non-hydrogen) atoms. The van der Waals surface area contributed by atoms with Crippen molar-refractivity contribution in [2.24, 2.45) is 11.8 Å². The smallest absolute Gasteiger partial charge is 0.128 e. The van der Waals surface area contributed by atoms with Crippen molar-refractivity contribution < 1.29 is 0 Å². The standard InChI is InChI=1S/C21H27N3/c1-2-7-19-22-12-15(13-23-19)14-24-21-18-11-6-10-17(18)20(21)16-8-4-3-5-9-16/h3-5,8-9,12-13,17-18,20-21,24H,2,6-7,10-11,14H2,1H3/t17-,18-,20-,21-/m1/s1. The van der Waals surface area contributed by atoms with Crippen molar-refractivity contribution in [3.63, 3.8) is 0 Å². The number of hydrogen-bond acceptors (Lipinski definition) is 3. The van der Waals surface area contributed by atoms with Crippen LogP contribution >= 0.6 is 0 Å². The van der Waals surface area contributed by atoms with Crippen molar-refractivity contribution in [2.45, 2.75) is 57.5 Å². The van der Waals surface area contributed by atoms with Gasteiger partial charge in [0.15, 0.2) is 0 Å². The number of hydrogen-bond donors (Lipinski definition) is 1. The first-order valence-corrected chi connectivity index (χ1v) is 9.45. The molecule has 2 aliphatic rings. The van der Waals surface area contributed by atoms with Crippen LogP contribution in [0.3, 0.4) is 0 Å². The van der Waals surface area contributed by atoms with Gasteiger partial charge in [-0.3, -0.25) is 0 Å². The Kier molecular flexibility index (Phi) is 4.61. The van der Waals surface area contributed by atoms with Gasteiger partial charge in [-0.15, -0.1) is 0 Å². The molecule has 0 bridgehead atoms. The van der Waals surface area contributed by atoms with Gasteiger partial charge in [0.05, 0.1) is 0 Å². The second-order valence-corrected chi connectivity index (χ2v) is 7.36. The molecule has 3 heteroatoms. The molecule has 2 aromatic rings. The molecule has 1 N–H and O–H groups in total. The van der Waals surface area contributed by atoms with Crippen LogP contribution in [-0.4, -0.2) is 16.0 Å². The summed E-state index contributed by atoms with van der Waals surface area (Å²) in [6, 6.07) is 11.7. The Morgan fingerprint density at radius 2 is 1.79 bits per heavy atom. The van der Waals surface area contributed by atoms with E-state index in [0.717, 1.165) is 37.0 Å². The quantitative estimate of drug-likeness (QED) is 0.870. The Labute approximate surface area is 144 Å². The summed E-state index contributed by atoms with van der Waals surface area (Å²) in [5, 5.41) is 3.83. The highest BCUT2D eigenvalue weighted by atomic mass is 15.0. The van der Waals surface area contributed by atoms with E-state index in [2.05, 4.69) is 52.5 Å². The van der Waals surface area contributed by atoms with Crippen molar-refractivity contribution in [3.05, 3.63) is 59.7 Å². The summed E-state index contributed by atoms with van der Waals surface area (Å²) in [5.41, 5.74) is 2.70. The molecule has 0 amide bonds. The Hall–Kier alpha value is -1.74. The van der Waals surface area contributed by atoms with E-state index in [1.54, 1.807) is 0 Å². The van der Waals surface area contributed by atoms with E-state index in [0.29, 0.717) is 12.0 Å². The van der Waals surface area contributed by atoms with Gasteiger partial charge in [-0.25, -0.2) is 9.97 Å². The predicted octanol–water partition coefficient (Wildman–Crippen LogP) is 4.10. The molecule has 0 saturated heterocycles. The Balaban J connectivity index is 1.43. The van der Waals surface area contributed by atoms with E-state index in [1.807, 2.05) is 12.4 Å². The normalized spacial score (nSPS) is 28.4. The van der Waals surface area contributed by atoms with Crippen LogP contribution < -0.4 is 5.32 Å². The molecule has 126 valence electrons. The van der Waals surface area contributed by atoms with Gasteiger partial charge in [-0.05, 0) is 36.7 Å². The van der Waals surface area contributed by atoms with Crippen LogP contribution in [0, 0.1) is 11.8 Å². The maximum Gasteiger partial charge on any atom is 0.128 e. The summed E-state index contributed by atoms with van der Waals surface area (Å²) >= 11 is 0. The minimum absolute atomic E-state index is 0.607. The zero-order valence-corrected chi connectivity index (χ0v) is 14.5. The van der Waals surface area contributed by atoms with Gasteiger partial charge in [0.1, 0.15) is 5.82 Å². The van der Waals surface area contributed by atoms with Gasteiger partial charge in [0.25, 0.3) is 0 Å². The molecule has 0 radical (unpaired) electrons. The molecule has 2 fully saturated rings. The first kappa shape index (κ1) is 15.8. The fourth-order valence-corrected chi connectivity index (χ4v) is 4.77. The Bertz CT molecular complexity index is 653. The fourth-order valence-electron chi connectivity index (χ4n) is 4.77. The van der Waals surface area contributed by atoms with E-state index in [1.165, 1.54) is 30.4 Å². The van der Waals surface area contributed by atoms with E-state index >= 15 is 0 Å². The van der Waals surface area contributed by atoms with Crippen LogP contribution in [0.5, 0.6) is 0 Å². The molecule has 1 aromatic heterocycles. The summed E-state index contributed by atoms with van der Waals surface area (Å²) in [4.78, 5) is 8.97. The molecule has 2 aliphatic carbocycles. The molecule has 2 saturated carbocycles. The lowest BCUT2D eigenvalue weighted by molar-refractivity contribution is 0.0940. The second kappa shape index (κ2) is 7.02. The summed E-state index contributed by atoms with van der Waals surface area (Å²) in [5.74, 6) is 3.38. The van der Waals surface area contributed by atoms with E-state index < -0.39 is 0 Å². The van der Waals surface area contributed by atoms with Crippen LogP contribution in [0.2, 0.25) is 0 Å². The SMILES string of the molecule is CCCc1ncc(CN[C@@H]2[C@@H]3CCC[C@H]3[C@H]2c2ccccc2)cn1. The Morgan fingerprint density at radius 3 is 2.54 bits per heavy atom. The molecule has 4 atom stereocenters. The molecule has 0 unspecified atom stereocenters. The average molecular weight is 321 g/mol. The Morgan fingerprint density at radius 1 is 1.04 bits per heavy atom. The van der Waals surface area contributed by atoms with Gasteiger partial charge < -0.3 is 5.32 Å². The molecule has 4 rings (SSSR count). The van der Waals surface area contributed by atoms with Gasteiger partial charge in [-0.2, -0.15) is 0 Å². The van der Waals surface area contributed by atoms with Crippen molar-refractivity contribution in [2.75, 3.05) is 0 Å². The number of nitrogens with one attached hydrogen (secondary N) is 1. The van der Waals surface area contributed by atoms with Crippen molar-refractivity contribution in [1.29, 1.82) is 0 Å². The molecule has 1 heterocycles. The molecule has 1 aromatic carbocycles. The summed E-state index contributed by atoms with van der Waals surface area (Å²) < 4.78 is 0. The van der Waals surface area contributed by atoms with E-state index in [-0.39, 0.29) is 0 Å². The van der Waals surface area contributed by atoms with Gasteiger partial charge in [0, 0.05) is 42.9 Å². The average Bonchev–Trinajstić information content (AvgIpc) is 3.02. The highest BCUT2D eigenvalue weighted by molar-refractivity contribution is 5.28. The maximum absolute atomic E-state index is 4.48. The first-order valence-electron chi connectivity index (χ1n) is 9.45. The third-order valence-electron chi connectivity index (χ3n) is 5.89. The number of aryl methyl sites for hydroxylation is 1. The summed E-state index contributed by atoms with van der Waals surface area (Å²) in [6.45, 7) is 3.04. The van der Waals surface area contributed by atoms with Crippen molar-refractivity contribution in [1.82, 2.24) is 15.3 Å². The molecule has 0 spiro atoms. The number of benzene rings is 1. The number of fused-ring (bicyclic) bond motifs is 1. The van der Waals surface area contributed by atoms with Crippen LogP contribution in [0.15, 0.2) is 42.7 Å². The lowest BCUT2D eigenvalue weighted by atomic mass is 9.60. The van der Waals surface area contributed by atoms with Crippen molar-refractivity contribution >= 4 is 0 Å². The number of rotatable bonds is 6. The van der Waals surface area contributed by atoms with Crippen LogP contribution in [0.1, 0.15) is 55.5 Å². The zero-order valence-electron chi connectivity index (χ0n) is 14.5. The highest BCUT2D eigenvalue weighted by Crippen LogP contribution is 2.55. The van der Waals surface area contributed by atoms with Gasteiger partial charge in [0.2, 0.25) is 0 Å². The van der Waals surface area contributed by atoms with Gasteiger partial charge >= 0.3 is 0 Å². The molecule has 3 nitrogen and oxygen atoms in total. The van der Waals surface area contributed by atoms with Crippen LogP contribution in [-0.2, 0) is 13.0 Å². The largest absolute Gasteiger partial charge is 0.309 e. The third-order valence-corrected chi connectivity index (χ3v) is 5.89. The second-order valence-electron chi connectivity index (χ2n) is 7.36. The first-order chi connectivity index (χ1) is 11.9. The van der Waals surface area contributed by atoms with Gasteiger partial charge in [-0.1, -0.05) is 43.7 Å². The third kappa shape index (κ3) is 2.98. The van der Waals surface area contributed by atoms with E-state index in [4.69, 9.17) is 0 Å². The minimum atomic E-state index is 0.607. The topological polar surface area (TPSA) is 37.8 Å². The number of aromatic nitrogens is 2. The molecular weight excluding hydrogens is 294 g/mol. The minimum Gasteiger partial charge on any atom is -0.309 e. The lowest BCUT2D eigenvalue weighted by Crippen LogP contribution is -2.54. The molecular formula is C21H27N3. The zero-order chi connectivity index (χ0) is 16.4. The fraction of sp³-hybridized carbons (Fsp3) is 0.524. The lowest BCUT2D eigenvalue weighted by Gasteiger charge is -2.50. The highest BCUT2D eigenvalue weighted by Gasteiger charge is 2.52. The molecule has 0 aliphatic heterocycles.